The van der Waals surface area contributed by atoms with Crippen LogP contribution < -0.4 is 4.74 Å². The van der Waals surface area contributed by atoms with Crippen molar-refractivity contribution in [1.29, 1.82) is 0 Å². The van der Waals surface area contributed by atoms with Gasteiger partial charge in [0.1, 0.15) is 0 Å². The highest BCUT2D eigenvalue weighted by atomic mass is 32.2. The third-order valence-corrected chi connectivity index (χ3v) is 7.17. The Morgan fingerprint density at radius 3 is 2.59 bits per heavy atom. The summed E-state index contributed by atoms with van der Waals surface area (Å²) in [7, 11) is -3.91. The zero-order valence-corrected chi connectivity index (χ0v) is 18.8. The molecule has 11 heteroatoms. The maximum Gasteiger partial charge on any atom is 0.312 e. The Kier molecular flexibility index (Phi) is 7.12. The van der Waals surface area contributed by atoms with Crippen molar-refractivity contribution < 1.29 is 27.6 Å². The first-order valence-electron chi connectivity index (χ1n) is 9.96. The number of rotatable bonds is 9. The predicted octanol–water partition coefficient (Wildman–Crippen LogP) is 2.48. The first-order valence-corrected chi connectivity index (χ1v) is 11.4. The fourth-order valence-corrected chi connectivity index (χ4v) is 5.00. The average Bonchev–Trinajstić information content (AvgIpc) is 3.06. The van der Waals surface area contributed by atoms with Crippen molar-refractivity contribution in [3.8, 4) is 5.75 Å². The van der Waals surface area contributed by atoms with Crippen LogP contribution in [0, 0.1) is 24.0 Å². The van der Waals surface area contributed by atoms with Crippen LogP contribution in [0.2, 0.25) is 0 Å². The van der Waals surface area contributed by atoms with Gasteiger partial charge in [-0.25, -0.2) is 8.42 Å². The van der Waals surface area contributed by atoms with Crippen LogP contribution in [-0.4, -0.2) is 60.9 Å². The fraction of sp³-hybridized carbons (Fsp3) is 0.381. The van der Waals surface area contributed by atoms with Crippen molar-refractivity contribution in [2.24, 2.45) is 0 Å². The molecule has 32 heavy (non-hydrogen) atoms. The highest BCUT2D eigenvalue weighted by Crippen LogP contribution is 2.31. The Labute approximate surface area is 186 Å². The Bertz CT molecular complexity index is 1150. The van der Waals surface area contributed by atoms with Crippen LogP contribution in [0.25, 0.3) is 0 Å². The number of morpholine rings is 1. The lowest BCUT2D eigenvalue weighted by molar-refractivity contribution is -0.386. The molecule has 1 aliphatic rings. The van der Waals surface area contributed by atoms with E-state index in [2.05, 4.69) is 6.58 Å². The smallest absolute Gasteiger partial charge is 0.312 e. The number of Topliss-reactive ketones (excluding diaryl/α,β-unsaturated/α-hetero) is 1. The molecule has 1 aliphatic heterocycles. The van der Waals surface area contributed by atoms with Gasteiger partial charge in [0, 0.05) is 42.7 Å². The molecule has 2 aromatic rings. The first kappa shape index (κ1) is 23.6. The zero-order chi connectivity index (χ0) is 23.5. The predicted molar refractivity (Wildman–Crippen MR) is 117 cm³/mol. The van der Waals surface area contributed by atoms with Crippen LogP contribution in [0.5, 0.6) is 5.75 Å². The molecular formula is C21H25N3O7S. The molecule has 3 rings (SSSR count). The molecule has 0 radical (unpaired) electrons. The number of aryl methyl sites for hydroxylation is 1. The Hall–Kier alpha value is -3.02. The number of nitrogens with zero attached hydrogens (tertiary/aromatic N) is 3. The molecule has 172 valence electrons. The Balaban J connectivity index is 1.81. The van der Waals surface area contributed by atoms with Gasteiger partial charge in [0.25, 0.3) is 0 Å². The van der Waals surface area contributed by atoms with E-state index >= 15 is 0 Å². The van der Waals surface area contributed by atoms with Crippen LogP contribution in [0.4, 0.5) is 5.69 Å². The number of benzene rings is 1. The first-order chi connectivity index (χ1) is 15.2. The van der Waals surface area contributed by atoms with Gasteiger partial charge in [-0.3, -0.25) is 14.9 Å². The van der Waals surface area contributed by atoms with E-state index in [0.29, 0.717) is 12.1 Å². The van der Waals surface area contributed by atoms with E-state index in [9.17, 15) is 23.3 Å². The highest BCUT2D eigenvalue weighted by Gasteiger charge is 2.29. The minimum Gasteiger partial charge on any atom is -0.478 e. The molecule has 0 saturated carbocycles. The van der Waals surface area contributed by atoms with Gasteiger partial charge < -0.3 is 14.0 Å². The number of hydrogen-bond donors (Lipinski definition) is 0. The third kappa shape index (κ3) is 4.74. The minimum absolute atomic E-state index is 0.174. The summed E-state index contributed by atoms with van der Waals surface area (Å²) in [6.45, 7) is 8.37. The lowest BCUT2D eigenvalue weighted by Gasteiger charge is -2.26. The van der Waals surface area contributed by atoms with Crippen LogP contribution in [0.3, 0.4) is 0 Å². The third-order valence-electron chi connectivity index (χ3n) is 5.28. The van der Waals surface area contributed by atoms with Gasteiger partial charge in [0.05, 0.1) is 23.0 Å². The molecule has 2 heterocycles. The summed E-state index contributed by atoms with van der Waals surface area (Å²) in [4.78, 5) is 23.3. The SMILES string of the molecule is C=CCn1c(C)cc(C(=O)COc2ccc(S(=O)(=O)N3CCOCC3)cc2[N+](=O)[O-])c1C. The molecule has 10 nitrogen and oxygen atoms in total. The molecule has 0 amide bonds. The van der Waals surface area contributed by atoms with E-state index in [4.69, 9.17) is 9.47 Å². The fourth-order valence-electron chi connectivity index (χ4n) is 3.57. The number of carbonyl (C=O) groups excluding carboxylic acids is 1. The highest BCUT2D eigenvalue weighted by molar-refractivity contribution is 7.89. The van der Waals surface area contributed by atoms with Crippen molar-refractivity contribution in [3.05, 3.63) is 64.0 Å². The number of allylic oxidation sites excluding steroid dienone is 1. The van der Waals surface area contributed by atoms with E-state index in [1.807, 2.05) is 11.5 Å². The van der Waals surface area contributed by atoms with Crippen LogP contribution >= 0.6 is 0 Å². The summed E-state index contributed by atoms with van der Waals surface area (Å²) in [5.41, 5.74) is 1.56. The summed E-state index contributed by atoms with van der Waals surface area (Å²) < 4.78 is 39.3. The number of sulfonamides is 1. The molecular weight excluding hydrogens is 438 g/mol. The maximum absolute atomic E-state index is 12.8. The summed E-state index contributed by atoms with van der Waals surface area (Å²) in [6.07, 6.45) is 1.72. The molecule has 0 aliphatic carbocycles. The molecule has 0 spiro atoms. The summed E-state index contributed by atoms with van der Waals surface area (Å²) in [5, 5.41) is 11.6. The van der Waals surface area contributed by atoms with Crippen LogP contribution in [0.15, 0.2) is 41.8 Å². The standard InChI is InChI=1S/C21H25N3O7S/c1-4-7-23-15(2)12-18(16(23)3)20(25)14-31-21-6-5-17(13-19(21)24(26)27)32(28,29)22-8-10-30-11-9-22/h4-6,12-13H,1,7-11,14H2,2-3H3. The van der Waals surface area contributed by atoms with Gasteiger partial charge in [-0.05, 0) is 32.0 Å². The largest absolute Gasteiger partial charge is 0.478 e. The van der Waals surface area contributed by atoms with E-state index in [1.54, 1.807) is 19.1 Å². The average molecular weight is 464 g/mol. The Morgan fingerprint density at radius 2 is 1.97 bits per heavy atom. The van der Waals surface area contributed by atoms with Crippen molar-refractivity contribution in [2.75, 3.05) is 32.9 Å². The molecule has 0 unspecified atom stereocenters. The Morgan fingerprint density at radius 1 is 1.28 bits per heavy atom. The van der Waals surface area contributed by atoms with Gasteiger partial charge in [0.2, 0.25) is 15.8 Å². The summed E-state index contributed by atoms with van der Waals surface area (Å²) >= 11 is 0. The number of carbonyl (C=O) groups is 1. The van der Waals surface area contributed by atoms with Crippen molar-refractivity contribution >= 4 is 21.5 Å². The number of aromatic nitrogens is 1. The van der Waals surface area contributed by atoms with E-state index in [1.165, 1.54) is 16.4 Å². The molecule has 1 fully saturated rings. The van der Waals surface area contributed by atoms with Gasteiger partial charge in [-0.1, -0.05) is 6.08 Å². The number of ether oxygens (including phenoxy) is 2. The molecule has 0 atom stereocenters. The van der Waals surface area contributed by atoms with Crippen LogP contribution in [-0.2, 0) is 21.3 Å². The second-order valence-electron chi connectivity index (χ2n) is 7.30. The van der Waals surface area contributed by atoms with Crippen molar-refractivity contribution in [2.45, 2.75) is 25.3 Å². The molecule has 0 N–H and O–H groups in total. The quantitative estimate of drug-likeness (QED) is 0.242. The number of nitro groups is 1. The second kappa shape index (κ2) is 9.63. The number of ketones is 1. The van der Waals surface area contributed by atoms with Gasteiger partial charge in [0.15, 0.2) is 12.4 Å². The number of nitro benzene ring substituents is 1. The maximum atomic E-state index is 12.8. The topological polar surface area (TPSA) is 121 Å². The van der Waals surface area contributed by atoms with Gasteiger partial charge >= 0.3 is 5.69 Å². The molecule has 1 aromatic heterocycles. The normalized spacial score (nSPS) is 14.8. The zero-order valence-electron chi connectivity index (χ0n) is 17.9. The lowest BCUT2D eigenvalue weighted by Crippen LogP contribution is -2.40. The monoisotopic (exact) mass is 463 g/mol. The number of hydrogen-bond acceptors (Lipinski definition) is 7. The summed E-state index contributed by atoms with van der Waals surface area (Å²) in [5.74, 6) is -0.517. The van der Waals surface area contributed by atoms with E-state index in [0.717, 1.165) is 17.5 Å². The van der Waals surface area contributed by atoms with Crippen molar-refractivity contribution in [1.82, 2.24) is 8.87 Å². The lowest BCUT2D eigenvalue weighted by atomic mass is 10.1. The van der Waals surface area contributed by atoms with E-state index < -0.39 is 27.2 Å². The molecule has 0 bridgehead atoms. The minimum atomic E-state index is -3.91. The second-order valence-corrected chi connectivity index (χ2v) is 9.24. The van der Waals surface area contributed by atoms with Crippen LogP contribution in [0.1, 0.15) is 21.7 Å². The molecule has 1 aromatic carbocycles. The van der Waals surface area contributed by atoms with Crippen molar-refractivity contribution in [3.63, 3.8) is 0 Å². The van der Waals surface area contributed by atoms with E-state index in [-0.39, 0.29) is 42.7 Å². The van der Waals surface area contributed by atoms with Gasteiger partial charge in [-0.2, -0.15) is 4.31 Å². The summed E-state index contributed by atoms with van der Waals surface area (Å²) in [6, 6.07) is 5.14. The van der Waals surface area contributed by atoms with Gasteiger partial charge in [-0.15, -0.1) is 6.58 Å². The molecule has 1 saturated heterocycles.